The molecule has 0 spiro atoms. The molecule has 2 aromatic rings. The Morgan fingerprint density at radius 1 is 1.00 bits per heavy atom. The van der Waals surface area contributed by atoms with Crippen LogP contribution in [0.1, 0.15) is 55.9 Å². The number of amides is 2. The van der Waals surface area contributed by atoms with E-state index in [9.17, 15) is 9.59 Å². The van der Waals surface area contributed by atoms with Gasteiger partial charge >= 0.3 is 0 Å². The van der Waals surface area contributed by atoms with Crippen molar-refractivity contribution in [2.24, 2.45) is 0 Å². The quantitative estimate of drug-likeness (QED) is 0.505. The topological polar surface area (TPSA) is 49.4 Å². The lowest BCUT2D eigenvalue weighted by molar-refractivity contribution is -0.141. The van der Waals surface area contributed by atoms with Crippen LogP contribution in [0.15, 0.2) is 36.4 Å². The molecule has 168 valence electrons. The van der Waals surface area contributed by atoms with Gasteiger partial charge in [-0.25, -0.2) is 0 Å². The van der Waals surface area contributed by atoms with Crippen molar-refractivity contribution in [2.45, 2.75) is 72.5 Å². The first-order valence-electron chi connectivity index (χ1n) is 10.8. The highest BCUT2D eigenvalue weighted by Crippen LogP contribution is 2.27. The van der Waals surface area contributed by atoms with Crippen LogP contribution in [0.5, 0.6) is 0 Å². The van der Waals surface area contributed by atoms with Crippen LogP contribution in [0.25, 0.3) is 0 Å². The number of hydrogen-bond acceptors (Lipinski definition) is 2. The maximum atomic E-state index is 13.5. The maximum Gasteiger partial charge on any atom is 0.243 e. The lowest BCUT2D eigenvalue weighted by Gasteiger charge is -2.32. The summed E-state index contributed by atoms with van der Waals surface area (Å²) in [6, 6.07) is 10.8. The van der Waals surface area contributed by atoms with Gasteiger partial charge in [0.1, 0.15) is 6.04 Å². The summed E-state index contributed by atoms with van der Waals surface area (Å²) in [6.07, 6.45) is 1.51. The molecule has 0 unspecified atom stereocenters. The summed E-state index contributed by atoms with van der Waals surface area (Å²) < 4.78 is 0. The fourth-order valence-corrected chi connectivity index (χ4v) is 4.18. The summed E-state index contributed by atoms with van der Waals surface area (Å²) in [6.45, 7) is 10.1. The van der Waals surface area contributed by atoms with Crippen LogP contribution in [-0.2, 0) is 22.6 Å². The zero-order valence-corrected chi connectivity index (χ0v) is 20.5. The molecule has 0 saturated heterocycles. The standard InChI is InChI=1S/C25H32Cl2N2O2/c1-6-18(5)28-25(31)23(7-2)29(15-20-21(26)9-8-10-22(20)27)24(30)14-19-12-16(3)11-17(4)13-19/h8-13,18,23H,6-7,14-15H2,1-5H3,(H,28,31)/t18-,23+/m0/s1. The molecule has 2 amide bonds. The molecule has 0 saturated carbocycles. The largest absolute Gasteiger partial charge is 0.352 e. The number of aryl methyl sites for hydroxylation is 2. The molecule has 0 aliphatic heterocycles. The van der Waals surface area contributed by atoms with Gasteiger partial charge in [0.25, 0.3) is 0 Å². The van der Waals surface area contributed by atoms with E-state index in [1.807, 2.05) is 46.8 Å². The SMILES string of the molecule is CC[C@H](C(=O)N[C@@H](C)CC)N(Cc1c(Cl)cccc1Cl)C(=O)Cc1cc(C)cc(C)c1. The molecule has 0 bridgehead atoms. The zero-order valence-electron chi connectivity index (χ0n) is 19.0. The monoisotopic (exact) mass is 462 g/mol. The normalized spacial score (nSPS) is 12.9. The van der Waals surface area contributed by atoms with Gasteiger partial charge < -0.3 is 10.2 Å². The summed E-state index contributed by atoms with van der Waals surface area (Å²) in [7, 11) is 0. The van der Waals surface area contributed by atoms with Gasteiger partial charge in [-0.2, -0.15) is 0 Å². The number of carbonyl (C=O) groups excluding carboxylic acids is 2. The molecule has 0 heterocycles. The molecule has 1 N–H and O–H groups in total. The van der Waals surface area contributed by atoms with Crippen LogP contribution in [0, 0.1) is 13.8 Å². The number of nitrogens with zero attached hydrogens (tertiary/aromatic N) is 1. The van der Waals surface area contributed by atoms with E-state index in [1.165, 1.54) is 0 Å². The van der Waals surface area contributed by atoms with Gasteiger partial charge in [0.15, 0.2) is 0 Å². The van der Waals surface area contributed by atoms with Crippen molar-refractivity contribution in [3.05, 3.63) is 68.7 Å². The minimum Gasteiger partial charge on any atom is -0.352 e. The van der Waals surface area contributed by atoms with Gasteiger partial charge in [0.05, 0.1) is 6.42 Å². The van der Waals surface area contributed by atoms with Crippen molar-refractivity contribution in [1.29, 1.82) is 0 Å². The van der Waals surface area contributed by atoms with Crippen molar-refractivity contribution in [3.8, 4) is 0 Å². The molecule has 2 atom stereocenters. The van der Waals surface area contributed by atoms with E-state index in [-0.39, 0.29) is 30.8 Å². The molecule has 2 aromatic carbocycles. The number of rotatable bonds is 9. The predicted molar refractivity (Wildman–Crippen MR) is 129 cm³/mol. The van der Waals surface area contributed by atoms with E-state index in [2.05, 4.69) is 11.4 Å². The van der Waals surface area contributed by atoms with Crippen molar-refractivity contribution in [3.63, 3.8) is 0 Å². The Morgan fingerprint density at radius 3 is 2.10 bits per heavy atom. The van der Waals surface area contributed by atoms with Gasteiger partial charge in [-0.15, -0.1) is 0 Å². The average molecular weight is 463 g/mol. The molecule has 0 fully saturated rings. The third-order valence-corrected chi connectivity index (χ3v) is 6.12. The first-order valence-corrected chi connectivity index (χ1v) is 11.5. The highest BCUT2D eigenvalue weighted by Gasteiger charge is 2.30. The van der Waals surface area contributed by atoms with E-state index in [0.717, 1.165) is 23.1 Å². The van der Waals surface area contributed by atoms with Crippen molar-refractivity contribution in [1.82, 2.24) is 10.2 Å². The van der Waals surface area contributed by atoms with Crippen LogP contribution in [0.3, 0.4) is 0 Å². The molecule has 0 aliphatic carbocycles. The molecule has 6 heteroatoms. The molecule has 0 aliphatic rings. The Kier molecular flexibility index (Phi) is 9.39. The van der Waals surface area contributed by atoms with Crippen LogP contribution in [0.4, 0.5) is 0 Å². The highest BCUT2D eigenvalue weighted by molar-refractivity contribution is 6.36. The number of carbonyl (C=O) groups is 2. The Morgan fingerprint density at radius 2 is 1.58 bits per heavy atom. The van der Waals surface area contributed by atoms with Crippen molar-refractivity contribution in [2.75, 3.05) is 0 Å². The van der Waals surface area contributed by atoms with Crippen LogP contribution in [-0.4, -0.2) is 28.8 Å². The van der Waals surface area contributed by atoms with Gasteiger partial charge in [-0.3, -0.25) is 9.59 Å². The Bertz CT molecular complexity index is 889. The summed E-state index contributed by atoms with van der Waals surface area (Å²) in [4.78, 5) is 28.1. The summed E-state index contributed by atoms with van der Waals surface area (Å²) >= 11 is 12.8. The van der Waals surface area contributed by atoms with Gasteiger partial charge in [-0.05, 0) is 51.3 Å². The highest BCUT2D eigenvalue weighted by atomic mass is 35.5. The van der Waals surface area contributed by atoms with Crippen LogP contribution in [0.2, 0.25) is 10.0 Å². The second-order valence-corrected chi connectivity index (χ2v) is 8.95. The van der Waals surface area contributed by atoms with E-state index in [0.29, 0.717) is 22.0 Å². The van der Waals surface area contributed by atoms with Gasteiger partial charge in [0, 0.05) is 28.2 Å². The van der Waals surface area contributed by atoms with E-state index >= 15 is 0 Å². The van der Waals surface area contributed by atoms with Crippen molar-refractivity contribution >= 4 is 35.0 Å². The van der Waals surface area contributed by atoms with Gasteiger partial charge in [-0.1, -0.05) is 72.4 Å². The smallest absolute Gasteiger partial charge is 0.243 e. The lowest BCUT2D eigenvalue weighted by atomic mass is 10.0. The average Bonchev–Trinajstić information content (AvgIpc) is 2.68. The third-order valence-electron chi connectivity index (χ3n) is 5.41. The predicted octanol–water partition coefficient (Wildman–Crippen LogP) is 5.87. The first kappa shape index (κ1) is 25.2. The molecular formula is C25H32Cl2N2O2. The number of hydrogen-bond donors (Lipinski definition) is 1. The molecule has 0 aromatic heterocycles. The van der Waals surface area contributed by atoms with E-state index in [1.54, 1.807) is 23.1 Å². The number of benzene rings is 2. The number of nitrogens with one attached hydrogen (secondary N) is 1. The first-order chi connectivity index (χ1) is 14.7. The van der Waals surface area contributed by atoms with E-state index < -0.39 is 6.04 Å². The Hall–Kier alpha value is -2.04. The van der Waals surface area contributed by atoms with E-state index in [4.69, 9.17) is 23.2 Å². The Labute approximate surface area is 195 Å². The molecule has 4 nitrogen and oxygen atoms in total. The molecule has 31 heavy (non-hydrogen) atoms. The van der Waals surface area contributed by atoms with Crippen LogP contribution >= 0.6 is 23.2 Å². The fraction of sp³-hybridized carbons (Fsp3) is 0.440. The molecule has 0 radical (unpaired) electrons. The number of halogens is 2. The summed E-state index contributed by atoms with van der Waals surface area (Å²) in [5, 5.41) is 3.98. The summed E-state index contributed by atoms with van der Waals surface area (Å²) in [5.74, 6) is -0.291. The third kappa shape index (κ3) is 6.98. The minimum atomic E-state index is -0.611. The second-order valence-electron chi connectivity index (χ2n) is 8.14. The summed E-state index contributed by atoms with van der Waals surface area (Å²) in [5.41, 5.74) is 3.78. The lowest BCUT2D eigenvalue weighted by Crippen LogP contribution is -2.51. The molecule has 2 rings (SSSR count). The van der Waals surface area contributed by atoms with Crippen LogP contribution < -0.4 is 5.32 Å². The fourth-order valence-electron chi connectivity index (χ4n) is 3.66. The zero-order chi connectivity index (χ0) is 23.1. The van der Waals surface area contributed by atoms with Gasteiger partial charge in [0.2, 0.25) is 11.8 Å². The molecular weight excluding hydrogens is 431 g/mol. The Balaban J connectivity index is 2.39. The minimum absolute atomic E-state index is 0.0295. The van der Waals surface area contributed by atoms with Crippen molar-refractivity contribution < 1.29 is 9.59 Å². The second kappa shape index (κ2) is 11.5. The maximum absolute atomic E-state index is 13.5.